The van der Waals surface area contributed by atoms with Gasteiger partial charge in [0.25, 0.3) is 5.91 Å². The fourth-order valence-electron chi connectivity index (χ4n) is 2.86. The summed E-state index contributed by atoms with van der Waals surface area (Å²) in [6.45, 7) is 3.80. The van der Waals surface area contributed by atoms with E-state index in [1.54, 1.807) is 18.0 Å². The Balaban J connectivity index is 1.47. The third kappa shape index (κ3) is 6.47. The molecule has 1 aromatic heterocycles. The van der Waals surface area contributed by atoms with E-state index in [2.05, 4.69) is 15.6 Å². The van der Waals surface area contributed by atoms with Gasteiger partial charge in [0.1, 0.15) is 0 Å². The van der Waals surface area contributed by atoms with E-state index in [1.165, 1.54) is 0 Å². The van der Waals surface area contributed by atoms with Crippen molar-refractivity contribution in [3.63, 3.8) is 0 Å². The van der Waals surface area contributed by atoms with Gasteiger partial charge in [0, 0.05) is 34.3 Å². The maximum absolute atomic E-state index is 12.2. The molecule has 0 aliphatic rings. The summed E-state index contributed by atoms with van der Waals surface area (Å²) in [6.07, 6.45) is 3.62. The van der Waals surface area contributed by atoms with E-state index in [1.807, 2.05) is 74.6 Å². The molecule has 1 heterocycles. The van der Waals surface area contributed by atoms with Crippen LogP contribution in [0.2, 0.25) is 0 Å². The molecule has 3 rings (SSSR count). The highest BCUT2D eigenvalue weighted by Crippen LogP contribution is 2.23. The average Bonchev–Trinajstić information content (AvgIpc) is 2.71. The molecule has 5 nitrogen and oxygen atoms in total. The summed E-state index contributed by atoms with van der Waals surface area (Å²) in [7, 11) is 0. The van der Waals surface area contributed by atoms with Crippen LogP contribution in [0.4, 0.5) is 5.69 Å². The highest BCUT2D eigenvalue weighted by molar-refractivity contribution is 7.98. The van der Waals surface area contributed by atoms with Gasteiger partial charge in [0.15, 0.2) is 0 Å². The molecule has 0 unspecified atom stereocenters. The molecule has 0 spiro atoms. The number of benzene rings is 2. The van der Waals surface area contributed by atoms with E-state index in [9.17, 15) is 9.59 Å². The van der Waals surface area contributed by atoms with E-state index in [0.717, 1.165) is 27.3 Å². The number of thioether (sulfide) groups is 1. The van der Waals surface area contributed by atoms with Crippen molar-refractivity contribution in [3.8, 4) is 0 Å². The third-order valence-electron chi connectivity index (χ3n) is 4.16. The van der Waals surface area contributed by atoms with Crippen LogP contribution in [-0.2, 0) is 10.5 Å². The fourth-order valence-corrected chi connectivity index (χ4v) is 3.69. The van der Waals surface area contributed by atoms with Crippen LogP contribution in [0.15, 0.2) is 71.9 Å². The third-order valence-corrected chi connectivity index (χ3v) is 5.24. The Bertz CT molecular complexity index is 969. The number of nitrogens with zero attached hydrogens (tertiary/aromatic N) is 1. The van der Waals surface area contributed by atoms with Crippen molar-refractivity contribution in [1.82, 2.24) is 10.3 Å². The van der Waals surface area contributed by atoms with Crippen molar-refractivity contribution in [2.24, 2.45) is 0 Å². The number of pyridine rings is 1. The number of carbonyl (C=O) groups is 2. The Morgan fingerprint density at radius 1 is 1.00 bits per heavy atom. The van der Waals surface area contributed by atoms with Crippen molar-refractivity contribution in [1.29, 1.82) is 0 Å². The predicted molar refractivity (Wildman–Crippen MR) is 117 cm³/mol. The molecule has 2 aromatic carbocycles. The number of hydrogen-bond donors (Lipinski definition) is 2. The zero-order valence-electron chi connectivity index (χ0n) is 16.4. The average molecular weight is 406 g/mol. The summed E-state index contributed by atoms with van der Waals surface area (Å²) in [5.41, 5.74) is 4.45. The van der Waals surface area contributed by atoms with Crippen LogP contribution < -0.4 is 10.6 Å². The van der Waals surface area contributed by atoms with Crippen molar-refractivity contribution >= 4 is 29.3 Å². The molecule has 3 aromatic rings. The first kappa shape index (κ1) is 20.6. The minimum Gasteiger partial charge on any atom is -0.343 e. The summed E-state index contributed by atoms with van der Waals surface area (Å²) in [4.78, 5) is 29.6. The van der Waals surface area contributed by atoms with Gasteiger partial charge in [0.2, 0.25) is 5.91 Å². The topological polar surface area (TPSA) is 71.1 Å². The number of aromatic nitrogens is 1. The zero-order chi connectivity index (χ0) is 20.6. The number of hydrogen-bond acceptors (Lipinski definition) is 4. The standard InChI is InChI=1S/C23H23N3O2S/c1-16-10-17(2)12-19(11-16)23(28)25-14-22(27)26-20-5-7-21(8-6-20)29-15-18-4-3-9-24-13-18/h3-13H,14-15H2,1-2H3,(H,25,28)(H,26,27). The van der Waals surface area contributed by atoms with Crippen LogP contribution in [0.1, 0.15) is 27.0 Å². The molecule has 0 radical (unpaired) electrons. The number of nitrogens with one attached hydrogen (secondary N) is 2. The number of rotatable bonds is 7. The second kappa shape index (κ2) is 9.89. The smallest absolute Gasteiger partial charge is 0.251 e. The molecule has 2 amide bonds. The van der Waals surface area contributed by atoms with E-state index in [4.69, 9.17) is 0 Å². The highest BCUT2D eigenvalue weighted by Gasteiger charge is 2.09. The normalized spacial score (nSPS) is 10.4. The lowest BCUT2D eigenvalue weighted by molar-refractivity contribution is -0.115. The molecule has 0 saturated heterocycles. The minimum atomic E-state index is -0.265. The zero-order valence-corrected chi connectivity index (χ0v) is 17.3. The van der Waals surface area contributed by atoms with Gasteiger partial charge >= 0.3 is 0 Å². The van der Waals surface area contributed by atoms with Crippen molar-refractivity contribution in [2.75, 3.05) is 11.9 Å². The summed E-state index contributed by atoms with van der Waals surface area (Å²) in [5.74, 6) is 0.317. The minimum absolute atomic E-state index is 0.0800. The molecule has 0 aliphatic heterocycles. The number of aryl methyl sites for hydroxylation is 2. The second-order valence-electron chi connectivity index (χ2n) is 6.78. The summed E-state index contributed by atoms with van der Waals surface area (Å²) in [6, 6.07) is 17.2. The van der Waals surface area contributed by atoms with Crippen molar-refractivity contribution in [3.05, 3.63) is 89.2 Å². The van der Waals surface area contributed by atoms with Crippen LogP contribution in [0.5, 0.6) is 0 Å². The second-order valence-corrected chi connectivity index (χ2v) is 7.83. The quantitative estimate of drug-likeness (QED) is 0.573. The Kier molecular flexibility index (Phi) is 7.03. The van der Waals surface area contributed by atoms with Gasteiger partial charge in [-0.1, -0.05) is 23.3 Å². The predicted octanol–water partition coefficient (Wildman–Crippen LogP) is 4.36. The highest BCUT2D eigenvalue weighted by atomic mass is 32.2. The van der Waals surface area contributed by atoms with Crippen LogP contribution in [0.25, 0.3) is 0 Å². The first-order valence-corrected chi connectivity index (χ1v) is 10.3. The molecule has 0 atom stereocenters. The lowest BCUT2D eigenvalue weighted by Gasteiger charge is -2.09. The molecule has 0 saturated carbocycles. The van der Waals surface area contributed by atoms with Crippen LogP contribution in [0, 0.1) is 13.8 Å². The molecular formula is C23H23N3O2S. The van der Waals surface area contributed by atoms with Gasteiger partial charge in [-0.2, -0.15) is 0 Å². The molecular weight excluding hydrogens is 382 g/mol. The van der Waals surface area contributed by atoms with Crippen LogP contribution >= 0.6 is 11.8 Å². The molecule has 29 heavy (non-hydrogen) atoms. The molecule has 0 aliphatic carbocycles. The van der Waals surface area contributed by atoms with Crippen molar-refractivity contribution in [2.45, 2.75) is 24.5 Å². The first-order chi connectivity index (χ1) is 14.0. The van der Waals surface area contributed by atoms with Gasteiger partial charge in [-0.25, -0.2) is 0 Å². The number of carbonyl (C=O) groups excluding carboxylic acids is 2. The summed E-state index contributed by atoms with van der Waals surface area (Å²) < 4.78 is 0. The van der Waals surface area contributed by atoms with Crippen molar-refractivity contribution < 1.29 is 9.59 Å². The monoisotopic (exact) mass is 405 g/mol. The Hall–Kier alpha value is -3.12. The fraction of sp³-hybridized carbons (Fsp3) is 0.174. The van der Waals surface area contributed by atoms with E-state index < -0.39 is 0 Å². The van der Waals surface area contributed by atoms with Gasteiger partial charge in [-0.15, -0.1) is 11.8 Å². The Labute approximate surface area is 175 Å². The molecule has 6 heteroatoms. The molecule has 2 N–H and O–H groups in total. The van der Waals surface area contributed by atoms with E-state index in [0.29, 0.717) is 11.3 Å². The van der Waals surface area contributed by atoms with Crippen LogP contribution in [-0.4, -0.2) is 23.3 Å². The summed E-state index contributed by atoms with van der Waals surface area (Å²) in [5, 5.41) is 5.46. The summed E-state index contributed by atoms with van der Waals surface area (Å²) >= 11 is 1.71. The first-order valence-electron chi connectivity index (χ1n) is 9.28. The van der Waals surface area contributed by atoms with E-state index in [-0.39, 0.29) is 18.4 Å². The maximum Gasteiger partial charge on any atom is 0.251 e. The van der Waals surface area contributed by atoms with Gasteiger partial charge < -0.3 is 10.6 Å². The lowest BCUT2D eigenvalue weighted by Crippen LogP contribution is -2.32. The Morgan fingerprint density at radius 2 is 1.72 bits per heavy atom. The van der Waals surface area contributed by atoms with Gasteiger partial charge in [0.05, 0.1) is 6.54 Å². The largest absolute Gasteiger partial charge is 0.343 e. The van der Waals surface area contributed by atoms with Gasteiger partial charge in [-0.3, -0.25) is 14.6 Å². The number of anilines is 1. The van der Waals surface area contributed by atoms with Crippen LogP contribution in [0.3, 0.4) is 0 Å². The molecule has 0 fully saturated rings. The van der Waals surface area contributed by atoms with Gasteiger partial charge in [-0.05, 0) is 61.9 Å². The SMILES string of the molecule is Cc1cc(C)cc(C(=O)NCC(=O)Nc2ccc(SCc3cccnc3)cc2)c1. The molecule has 0 bridgehead atoms. The lowest BCUT2D eigenvalue weighted by atomic mass is 10.1. The van der Waals surface area contributed by atoms with E-state index >= 15 is 0 Å². The Morgan fingerprint density at radius 3 is 2.38 bits per heavy atom. The number of amides is 2. The maximum atomic E-state index is 12.2. The molecule has 148 valence electrons.